The third-order valence-corrected chi connectivity index (χ3v) is 5.15. The van der Waals surface area contributed by atoms with Crippen molar-refractivity contribution in [1.82, 2.24) is 0 Å². The molecule has 2 fully saturated rings. The molecule has 3 rings (SSSR count). The predicted molar refractivity (Wildman–Crippen MR) is 79.4 cm³/mol. The quantitative estimate of drug-likeness (QED) is 0.885. The first-order chi connectivity index (χ1) is 8.65. The maximum absolute atomic E-state index is 6.68. The fourth-order valence-corrected chi connectivity index (χ4v) is 4.07. The van der Waals surface area contributed by atoms with Crippen molar-refractivity contribution < 1.29 is 0 Å². The standard InChI is InChI=1S/C16H22BrN/c17-15-5-1-3-12(9-15)10-16(18)8-2-4-14(11-16)13-6-7-13/h1,3,5,9,13-14H,2,4,6-8,10-11,18H2. The monoisotopic (exact) mass is 307 g/mol. The van der Waals surface area contributed by atoms with Gasteiger partial charge in [0.25, 0.3) is 0 Å². The highest BCUT2D eigenvalue weighted by molar-refractivity contribution is 9.10. The maximum Gasteiger partial charge on any atom is 0.0197 e. The van der Waals surface area contributed by atoms with Crippen LogP contribution >= 0.6 is 15.9 Å². The first kappa shape index (κ1) is 12.7. The summed E-state index contributed by atoms with van der Waals surface area (Å²) in [4.78, 5) is 0. The van der Waals surface area contributed by atoms with Crippen LogP contribution in [-0.4, -0.2) is 5.54 Å². The van der Waals surface area contributed by atoms with Crippen molar-refractivity contribution >= 4 is 15.9 Å². The molecule has 2 heteroatoms. The second-order valence-electron chi connectivity index (χ2n) is 6.36. The van der Waals surface area contributed by atoms with Crippen LogP contribution in [0.25, 0.3) is 0 Å². The molecule has 2 aliphatic carbocycles. The van der Waals surface area contributed by atoms with Crippen LogP contribution in [0, 0.1) is 11.8 Å². The van der Waals surface area contributed by atoms with Crippen LogP contribution in [0.2, 0.25) is 0 Å². The Morgan fingerprint density at radius 1 is 1.22 bits per heavy atom. The summed E-state index contributed by atoms with van der Waals surface area (Å²) in [6.45, 7) is 0. The van der Waals surface area contributed by atoms with Crippen molar-refractivity contribution in [2.45, 2.75) is 50.5 Å². The lowest BCUT2D eigenvalue weighted by atomic mass is 9.72. The summed E-state index contributed by atoms with van der Waals surface area (Å²) >= 11 is 3.55. The van der Waals surface area contributed by atoms with Crippen molar-refractivity contribution in [3.05, 3.63) is 34.3 Å². The molecule has 2 saturated carbocycles. The molecule has 0 aliphatic heterocycles. The van der Waals surface area contributed by atoms with E-state index in [9.17, 15) is 0 Å². The summed E-state index contributed by atoms with van der Waals surface area (Å²) in [5.41, 5.74) is 8.11. The van der Waals surface area contributed by atoms with Crippen LogP contribution in [0.5, 0.6) is 0 Å². The fraction of sp³-hybridized carbons (Fsp3) is 0.625. The SMILES string of the molecule is NC1(Cc2cccc(Br)c2)CCCC(C2CC2)C1. The Kier molecular flexibility index (Phi) is 3.50. The Bertz CT molecular complexity index is 427. The molecule has 0 radical (unpaired) electrons. The molecule has 1 aromatic carbocycles. The van der Waals surface area contributed by atoms with E-state index in [4.69, 9.17) is 5.73 Å². The molecule has 2 N–H and O–H groups in total. The van der Waals surface area contributed by atoms with E-state index in [0.717, 1.165) is 22.7 Å². The Balaban J connectivity index is 1.69. The zero-order valence-corrected chi connectivity index (χ0v) is 12.5. The number of halogens is 1. The van der Waals surface area contributed by atoms with Gasteiger partial charge in [-0.25, -0.2) is 0 Å². The van der Waals surface area contributed by atoms with Crippen LogP contribution in [0.15, 0.2) is 28.7 Å². The van der Waals surface area contributed by atoms with Crippen molar-refractivity contribution in [3.63, 3.8) is 0 Å². The van der Waals surface area contributed by atoms with Gasteiger partial charge in [0.05, 0.1) is 0 Å². The van der Waals surface area contributed by atoms with E-state index < -0.39 is 0 Å². The molecule has 98 valence electrons. The van der Waals surface area contributed by atoms with E-state index in [1.54, 1.807) is 0 Å². The zero-order chi connectivity index (χ0) is 12.6. The smallest absolute Gasteiger partial charge is 0.0197 e. The van der Waals surface area contributed by atoms with Gasteiger partial charge in [0.2, 0.25) is 0 Å². The molecule has 2 aliphatic rings. The van der Waals surface area contributed by atoms with Gasteiger partial charge in [-0.3, -0.25) is 0 Å². The molecule has 2 atom stereocenters. The molecule has 0 aromatic heterocycles. The van der Waals surface area contributed by atoms with Crippen LogP contribution in [0.1, 0.15) is 44.1 Å². The van der Waals surface area contributed by atoms with Crippen LogP contribution in [-0.2, 0) is 6.42 Å². The van der Waals surface area contributed by atoms with Crippen molar-refractivity contribution in [2.75, 3.05) is 0 Å². The third kappa shape index (κ3) is 2.97. The zero-order valence-electron chi connectivity index (χ0n) is 10.9. The van der Waals surface area contributed by atoms with Crippen molar-refractivity contribution in [2.24, 2.45) is 17.6 Å². The molecule has 18 heavy (non-hydrogen) atoms. The van der Waals surface area contributed by atoms with Gasteiger partial charge in [0, 0.05) is 10.0 Å². The molecule has 1 nitrogen and oxygen atoms in total. The lowest BCUT2D eigenvalue weighted by molar-refractivity contribution is 0.204. The molecule has 0 amide bonds. The molecular formula is C16H22BrN. The second-order valence-corrected chi connectivity index (χ2v) is 7.28. The van der Waals surface area contributed by atoms with Gasteiger partial charge in [-0.15, -0.1) is 0 Å². The van der Waals surface area contributed by atoms with E-state index in [2.05, 4.69) is 40.2 Å². The number of hydrogen-bond acceptors (Lipinski definition) is 1. The highest BCUT2D eigenvalue weighted by atomic mass is 79.9. The summed E-state index contributed by atoms with van der Waals surface area (Å²) in [6.07, 6.45) is 9.13. The second kappa shape index (κ2) is 4.97. The van der Waals surface area contributed by atoms with Crippen LogP contribution in [0.3, 0.4) is 0 Å². The molecule has 2 unspecified atom stereocenters. The average Bonchev–Trinajstić information content (AvgIpc) is 3.12. The Morgan fingerprint density at radius 3 is 2.78 bits per heavy atom. The molecule has 0 heterocycles. The molecule has 0 saturated heterocycles. The highest BCUT2D eigenvalue weighted by Gasteiger charge is 2.39. The topological polar surface area (TPSA) is 26.0 Å². The summed E-state index contributed by atoms with van der Waals surface area (Å²) in [7, 11) is 0. The molecular weight excluding hydrogens is 286 g/mol. The van der Waals surface area contributed by atoms with Gasteiger partial charge < -0.3 is 5.73 Å². The van der Waals surface area contributed by atoms with E-state index in [-0.39, 0.29) is 5.54 Å². The summed E-state index contributed by atoms with van der Waals surface area (Å²) < 4.78 is 1.16. The van der Waals surface area contributed by atoms with E-state index >= 15 is 0 Å². The summed E-state index contributed by atoms with van der Waals surface area (Å²) in [5.74, 6) is 1.92. The number of nitrogens with two attached hydrogens (primary N) is 1. The first-order valence-electron chi connectivity index (χ1n) is 7.18. The van der Waals surface area contributed by atoms with Crippen LogP contribution < -0.4 is 5.73 Å². The van der Waals surface area contributed by atoms with Gasteiger partial charge in [0.15, 0.2) is 0 Å². The van der Waals surface area contributed by atoms with Crippen LogP contribution in [0.4, 0.5) is 0 Å². The minimum atomic E-state index is 0.0479. The van der Waals surface area contributed by atoms with E-state index in [1.807, 2.05) is 0 Å². The number of hydrogen-bond donors (Lipinski definition) is 1. The minimum absolute atomic E-state index is 0.0479. The highest BCUT2D eigenvalue weighted by Crippen LogP contribution is 2.46. The first-order valence-corrected chi connectivity index (χ1v) is 7.97. The van der Waals surface area contributed by atoms with Gasteiger partial charge >= 0.3 is 0 Å². The molecule has 0 spiro atoms. The minimum Gasteiger partial charge on any atom is -0.325 e. The Morgan fingerprint density at radius 2 is 2.06 bits per heavy atom. The van der Waals surface area contributed by atoms with Gasteiger partial charge in [-0.2, -0.15) is 0 Å². The van der Waals surface area contributed by atoms with Crippen molar-refractivity contribution in [3.8, 4) is 0 Å². The van der Waals surface area contributed by atoms with E-state index in [0.29, 0.717) is 0 Å². The number of rotatable bonds is 3. The largest absolute Gasteiger partial charge is 0.325 e. The summed E-state index contributed by atoms with van der Waals surface area (Å²) in [5, 5.41) is 0. The average molecular weight is 308 g/mol. The Hall–Kier alpha value is -0.340. The lowest BCUT2D eigenvalue weighted by Crippen LogP contribution is -2.46. The normalized spacial score (nSPS) is 32.4. The fourth-order valence-electron chi connectivity index (χ4n) is 3.63. The van der Waals surface area contributed by atoms with E-state index in [1.165, 1.54) is 44.1 Å². The Labute approximate surface area is 118 Å². The third-order valence-electron chi connectivity index (χ3n) is 4.65. The summed E-state index contributed by atoms with van der Waals surface area (Å²) in [6, 6.07) is 8.62. The van der Waals surface area contributed by atoms with Gasteiger partial charge in [0.1, 0.15) is 0 Å². The number of benzene rings is 1. The van der Waals surface area contributed by atoms with Gasteiger partial charge in [-0.1, -0.05) is 40.9 Å². The maximum atomic E-state index is 6.68. The van der Waals surface area contributed by atoms with Crippen molar-refractivity contribution in [1.29, 1.82) is 0 Å². The van der Waals surface area contributed by atoms with Gasteiger partial charge in [-0.05, 0) is 61.6 Å². The predicted octanol–water partition coefficient (Wildman–Crippen LogP) is 4.29. The molecule has 0 bridgehead atoms. The molecule has 1 aromatic rings. The lowest BCUT2D eigenvalue weighted by Gasteiger charge is -2.38.